The third-order valence-electron chi connectivity index (χ3n) is 4.48. The molecule has 0 spiro atoms. The number of amides is 2. The molecule has 138 valence electrons. The van der Waals surface area contributed by atoms with Gasteiger partial charge in [-0.1, -0.05) is 6.07 Å². The fraction of sp³-hybridized carbons (Fsp3) is 0.222. The minimum absolute atomic E-state index is 0.118. The first-order chi connectivity index (χ1) is 12.9. The first-order valence-electron chi connectivity index (χ1n) is 8.40. The number of rotatable bonds is 2. The monoisotopic (exact) mass is 428 g/mol. The van der Waals surface area contributed by atoms with Crippen molar-refractivity contribution in [3.05, 3.63) is 52.4 Å². The highest BCUT2D eigenvalue weighted by Gasteiger charge is 2.29. The number of fused-ring (bicyclic) bond motifs is 2. The summed E-state index contributed by atoms with van der Waals surface area (Å²) in [5.41, 5.74) is 3.61. The number of halogens is 1. The molecule has 4 rings (SSSR count). The fourth-order valence-corrected chi connectivity index (χ4v) is 3.57. The molecule has 1 N–H and O–H groups in total. The Morgan fingerprint density at radius 2 is 2.11 bits per heavy atom. The largest absolute Gasteiger partial charge is 0.326 e. The molecule has 0 atom stereocenters. The Labute approximate surface area is 163 Å². The highest BCUT2D eigenvalue weighted by Crippen LogP contribution is 2.32. The number of hydrogen-bond acceptors (Lipinski definition) is 5. The number of nitrogens with one attached hydrogen (secondary N) is 1. The van der Waals surface area contributed by atoms with Gasteiger partial charge in [0.2, 0.25) is 5.91 Å². The molecule has 0 unspecified atom stereocenters. The van der Waals surface area contributed by atoms with Crippen LogP contribution in [0.25, 0.3) is 5.65 Å². The second-order valence-electron chi connectivity index (χ2n) is 6.29. The lowest BCUT2D eigenvalue weighted by Crippen LogP contribution is -2.48. The lowest BCUT2D eigenvalue weighted by molar-refractivity contribution is -0.114. The molecule has 8 nitrogen and oxygen atoms in total. The van der Waals surface area contributed by atoms with E-state index in [1.807, 2.05) is 25.2 Å². The Bertz CT molecular complexity index is 1060. The van der Waals surface area contributed by atoms with Crippen molar-refractivity contribution in [2.45, 2.75) is 13.3 Å². The molecule has 3 heterocycles. The van der Waals surface area contributed by atoms with E-state index in [9.17, 15) is 9.59 Å². The van der Waals surface area contributed by atoms with Crippen LogP contribution in [0, 0.1) is 0 Å². The SMILES string of the molecule is CC(=O)Nc1cccc2c1CCN(C(=O)c1cc3ncc(Br)cn3n1)N2C. The molecule has 0 fully saturated rings. The second kappa shape index (κ2) is 6.66. The van der Waals surface area contributed by atoms with Crippen LogP contribution in [0.5, 0.6) is 0 Å². The number of carbonyl (C=O) groups is 2. The summed E-state index contributed by atoms with van der Waals surface area (Å²) in [4.78, 5) is 28.7. The summed E-state index contributed by atoms with van der Waals surface area (Å²) in [6.45, 7) is 1.97. The van der Waals surface area contributed by atoms with Crippen LogP contribution in [0.1, 0.15) is 23.0 Å². The molecule has 2 aromatic heterocycles. The Hall–Kier alpha value is -2.94. The minimum Gasteiger partial charge on any atom is -0.326 e. The Balaban J connectivity index is 1.65. The van der Waals surface area contributed by atoms with Crippen molar-refractivity contribution < 1.29 is 9.59 Å². The summed E-state index contributed by atoms with van der Waals surface area (Å²) >= 11 is 3.35. The molecule has 9 heteroatoms. The zero-order valence-corrected chi connectivity index (χ0v) is 16.4. The van der Waals surface area contributed by atoms with Gasteiger partial charge in [0.05, 0.1) is 10.2 Å². The number of carbonyl (C=O) groups excluding carboxylic acids is 2. The molecular formula is C18H17BrN6O2. The van der Waals surface area contributed by atoms with Gasteiger partial charge in [0.1, 0.15) is 0 Å². The van der Waals surface area contributed by atoms with Gasteiger partial charge in [0, 0.05) is 50.2 Å². The average Bonchev–Trinajstić information content (AvgIpc) is 3.05. The maximum atomic E-state index is 13.0. The van der Waals surface area contributed by atoms with Gasteiger partial charge in [-0.15, -0.1) is 0 Å². The van der Waals surface area contributed by atoms with Crippen LogP contribution < -0.4 is 10.3 Å². The average molecular weight is 429 g/mol. The first-order valence-corrected chi connectivity index (χ1v) is 9.19. The van der Waals surface area contributed by atoms with Gasteiger partial charge >= 0.3 is 0 Å². The quantitative estimate of drug-likeness (QED) is 0.677. The van der Waals surface area contributed by atoms with Crippen molar-refractivity contribution in [2.24, 2.45) is 0 Å². The van der Waals surface area contributed by atoms with E-state index in [0.717, 1.165) is 21.4 Å². The molecule has 1 aliphatic rings. The molecule has 1 aliphatic heterocycles. The number of hydrazine groups is 1. The van der Waals surface area contributed by atoms with Gasteiger partial charge in [0.15, 0.2) is 11.3 Å². The lowest BCUT2D eigenvalue weighted by Gasteiger charge is -2.39. The van der Waals surface area contributed by atoms with Gasteiger partial charge in [-0.25, -0.2) is 14.5 Å². The van der Waals surface area contributed by atoms with E-state index in [2.05, 4.69) is 31.3 Å². The second-order valence-corrected chi connectivity index (χ2v) is 7.21. The molecule has 3 aromatic rings. The molecule has 0 saturated heterocycles. The van der Waals surface area contributed by atoms with Crippen LogP contribution >= 0.6 is 15.9 Å². The molecular weight excluding hydrogens is 412 g/mol. The molecule has 0 bridgehead atoms. The smallest absolute Gasteiger partial charge is 0.292 e. The zero-order valence-electron chi connectivity index (χ0n) is 14.8. The normalized spacial score (nSPS) is 13.6. The number of aromatic nitrogens is 3. The minimum atomic E-state index is -0.199. The van der Waals surface area contributed by atoms with Crippen molar-refractivity contribution in [2.75, 3.05) is 23.9 Å². The number of hydrogen-bond donors (Lipinski definition) is 1. The third-order valence-corrected chi connectivity index (χ3v) is 4.89. The summed E-state index contributed by atoms with van der Waals surface area (Å²) in [6, 6.07) is 7.34. The number of anilines is 2. The summed E-state index contributed by atoms with van der Waals surface area (Å²) in [6.07, 6.45) is 4.06. The Morgan fingerprint density at radius 1 is 1.30 bits per heavy atom. The van der Waals surface area contributed by atoms with Crippen molar-refractivity contribution in [3.63, 3.8) is 0 Å². The molecule has 1 aromatic carbocycles. The van der Waals surface area contributed by atoms with E-state index in [-0.39, 0.29) is 11.8 Å². The lowest BCUT2D eigenvalue weighted by atomic mass is 10.0. The zero-order chi connectivity index (χ0) is 19.1. The van der Waals surface area contributed by atoms with E-state index >= 15 is 0 Å². The van der Waals surface area contributed by atoms with E-state index in [4.69, 9.17) is 0 Å². The Morgan fingerprint density at radius 3 is 2.89 bits per heavy atom. The summed E-state index contributed by atoms with van der Waals surface area (Å²) in [7, 11) is 1.83. The van der Waals surface area contributed by atoms with Gasteiger partial charge in [-0.05, 0) is 34.5 Å². The Kier molecular flexibility index (Phi) is 4.31. The van der Waals surface area contributed by atoms with Crippen LogP contribution in [-0.2, 0) is 11.2 Å². The predicted octanol–water partition coefficient (Wildman–Crippen LogP) is 2.50. The van der Waals surface area contributed by atoms with Gasteiger partial charge in [-0.3, -0.25) is 14.6 Å². The van der Waals surface area contributed by atoms with Gasteiger partial charge in [-0.2, -0.15) is 5.10 Å². The van der Waals surface area contributed by atoms with E-state index in [1.165, 1.54) is 6.92 Å². The van der Waals surface area contributed by atoms with E-state index in [0.29, 0.717) is 24.3 Å². The van der Waals surface area contributed by atoms with Crippen molar-refractivity contribution in [1.29, 1.82) is 0 Å². The topological polar surface area (TPSA) is 82.8 Å². The molecule has 2 amide bonds. The van der Waals surface area contributed by atoms with Crippen LogP contribution in [0.2, 0.25) is 0 Å². The maximum Gasteiger partial charge on any atom is 0.292 e. The molecule has 0 saturated carbocycles. The van der Waals surface area contributed by atoms with Crippen molar-refractivity contribution in [1.82, 2.24) is 19.6 Å². The fourth-order valence-electron chi connectivity index (χ4n) is 3.27. The molecule has 0 radical (unpaired) electrons. The van der Waals surface area contributed by atoms with Crippen molar-refractivity contribution >= 4 is 44.8 Å². The molecule has 27 heavy (non-hydrogen) atoms. The van der Waals surface area contributed by atoms with Gasteiger partial charge < -0.3 is 5.32 Å². The maximum absolute atomic E-state index is 13.0. The predicted molar refractivity (Wildman–Crippen MR) is 105 cm³/mol. The summed E-state index contributed by atoms with van der Waals surface area (Å²) in [5, 5.41) is 10.7. The standard InChI is InChI=1S/C18H17BrN6O2/c1-11(26)21-14-4-3-5-16-13(14)6-7-25(23(16)2)18(27)15-8-17-20-9-12(19)10-24(17)22-15/h3-5,8-10H,6-7H2,1-2H3,(H,21,26). The third kappa shape index (κ3) is 3.14. The highest BCUT2D eigenvalue weighted by atomic mass is 79.9. The van der Waals surface area contributed by atoms with Crippen LogP contribution in [0.4, 0.5) is 11.4 Å². The van der Waals surface area contributed by atoms with Crippen LogP contribution in [0.15, 0.2) is 41.1 Å². The highest BCUT2D eigenvalue weighted by molar-refractivity contribution is 9.10. The first kappa shape index (κ1) is 17.5. The van der Waals surface area contributed by atoms with Crippen LogP contribution in [-0.4, -0.2) is 45.0 Å². The molecule has 0 aliphatic carbocycles. The van der Waals surface area contributed by atoms with Gasteiger partial charge in [0.25, 0.3) is 5.91 Å². The number of nitrogens with zero attached hydrogens (tertiary/aromatic N) is 5. The number of benzene rings is 1. The van der Waals surface area contributed by atoms with E-state index in [1.54, 1.807) is 33.0 Å². The van der Waals surface area contributed by atoms with Crippen LogP contribution in [0.3, 0.4) is 0 Å². The summed E-state index contributed by atoms with van der Waals surface area (Å²) in [5.74, 6) is -0.317. The van der Waals surface area contributed by atoms with Crippen molar-refractivity contribution in [3.8, 4) is 0 Å². The van der Waals surface area contributed by atoms with E-state index < -0.39 is 0 Å². The summed E-state index contributed by atoms with van der Waals surface area (Å²) < 4.78 is 2.36.